The van der Waals surface area contributed by atoms with Crippen molar-refractivity contribution in [3.63, 3.8) is 0 Å². The highest BCUT2D eigenvalue weighted by atomic mass is 19.4. The van der Waals surface area contributed by atoms with E-state index in [0.29, 0.717) is 60.9 Å². The minimum absolute atomic E-state index is 0.114. The van der Waals surface area contributed by atoms with E-state index in [2.05, 4.69) is 34.2 Å². The van der Waals surface area contributed by atoms with Gasteiger partial charge < -0.3 is 20.1 Å². The molecule has 41 heavy (non-hydrogen) atoms. The Morgan fingerprint density at radius 2 is 1.80 bits per heavy atom. The molecule has 8 nitrogen and oxygen atoms in total. The fraction of sp³-hybridized carbons (Fsp3) is 0.467. The number of hydrogen-bond acceptors (Lipinski definition) is 7. The molecule has 0 radical (unpaired) electrons. The second-order valence-corrected chi connectivity index (χ2v) is 10.0. The second-order valence-electron chi connectivity index (χ2n) is 10.0. The maximum Gasteiger partial charge on any atom is 0.573 e. The van der Waals surface area contributed by atoms with E-state index in [0.717, 1.165) is 18.5 Å². The lowest BCUT2D eigenvalue weighted by Crippen LogP contribution is -2.41. The van der Waals surface area contributed by atoms with Crippen molar-refractivity contribution in [2.45, 2.75) is 65.8 Å². The SMILES string of the molecule is CCCc1cc(NC(CC(C)C)C(=O)NCCCOCC)nc(-c2cncc(-c3cccc(OC(F)(F)F)c3)c2)n1. The van der Waals surface area contributed by atoms with Crippen LogP contribution in [-0.4, -0.2) is 53.0 Å². The Labute approximate surface area is 239 Å². The van der Waals surface area contributed by atoms with Gasteiger partial charge in [0.25, 0.3) is 0 Å². The standard InChI is InChI=1S/C30H38F3N5O3/c1-5-9-24-17-27(37-26(14-20(3)4)29(39)35-12-8-13-40-6-2)38-28(36-24)23-15-22(18-34-19-23)21-10-7-11-25(16-21)41-30(31,32)33/h7,10-11,15-20,26H,5-6,8-9,12-14H2,1-4H3,(H,35,39)(H,36,37,38). The molecule has 0 saturated carbocycles. The predicted octanol–water partition coefficient (Wildman–Crippen LogP) is 6.43. The third kappa shape index (κ3) is 10.6. The first kappa shape index (κ1) is 31.8. The molecule has 3 rings (SSSR count). The first-order chi connectivity index (χ1) is 19.6. The van der Waals surface area contributed by atoms with Gasteiger partial charge in [-0.3, -0.25) is 9.78 Å². The van der Waals surface area contributed by atoms with Crippen molar-refractivity contribution < 1.29 is 27.4 Å². The van der Waals surface area contributed by atoms with Gasteiger partial charge >= 0.3 is 6.36 Å². The number of carbonyl (C=O) groups is 1. The Balaban J connectivity index is 1.88. The maximum absolute atomic E-state index is 13.0. The van der Waals surface area contributed by atoms with Crippen LogP contribution in [0.4, 0.5) is 19.0 Å². The lowest BCUT2D eigenvalue weighted by molar-refractivity contribution is -0.274. The Bertz CT molecular complexity index is 1270. The molecule has 222 valence electrons. The number of nitrogens with zero attached hydrogens (tertiary/aromatic N) is 3. The zero-order valence-electron chi connectivity index (χ0n) is 23.9. The van der Waals surface area contributed by atoms with Gasteiger partial charge in [0.05, 0.1) is 0 Å². The van der Waals surface area contributed by atoms with Crippen molar-refractivity contribution >= 4 is 11.7 Å². The lowest BCUT2D eigenvalue weighted by atomic mass is 10.0. The van der Waals surface area contributed by atoms with Crippen molar-refractivity contribution in [1.82, 2.24) is 20.3 Å². The monoisotopic (exact) mass is 573 g/mol. The average Bonchev–Trinajstić information content (AvgIpc) is 2.91. The summed E-state index contributed by atoms with van der Waals surface area (Å²) in [5.41, 5.74) is 2.47. The molecule has 2 heterocycles. The number of hydrogen-bond donors (Lipinski definition) is 2. The van der Waals surface area contributed by atoms with Crippen LogP contribution in [0.1, 0.15) is 52.7 Å². The van der Waals surface area contributed by atoms with Gasteiger partial charge in [-0.15, -0.1) is 13.2 Å². The molecular weight excluding hydrogens is 535 g/mol. The van der Waals surface area contributed by atoms with E-state index < -0.39 is 12.4 Å². The zero-order chi connectivity index (χ0) is 29.8. The summed E-state index contributed by atoms with van der Waals surface area (Å²) in [4.78, 5) is 26.7. The van der Waals surface area contributed by atoms with Gasteiger partial charge in [0.1, 0.15) is 17.6 Å². The molecule has 2 aromatic heterocycles. The first-order valence-corrected chi connectivity index (χ1v) is 13.9. The van der Waals surface area contributed by atoms with Crippen molar-refractivity contribution in [3.05, 3.63) is 54.5 Å². The van der Waals surface area contributed by atoms with Crippen LogP contribution in [-0.2, 0) is 16.0 Å². The van der Waals surface area contributed by atoms with E-state index >= 15 is 0 Å². The highest BCUT2D eigenvalue weighted by molar-refractivity contribution is 5.84. The van der Waals surface area contributed by atoms with Crippen LogP contribution in [0.25, 0.3) is 22.5 Å². The van der Waals surface area contributed by atoms with Crippen LogP contribution in [0.3, 0.4) is 0 Å². The molecule has 0 saturated heterocycles. The van der Waals surface area contributed by atoms with E-state index in [-0.39, 0.29) is 17.6 Å². The summed E-state index contributed by atoms with van der Waals surface area (Å²) >= 11 is 0. The van der Waals surface area contributed by atoms with Gasteiger partial charge in [-0.1, -0.05) is 39.3 Å². The number of aryl methyl sites for hydroxylation is 1. The fourth-order valence-electron chi connectivity index (χ4n) is 4.21. The largest absolute Gasteiger partial charge is 0.573 e. The molecule has 3 aromatic rings. The van der Waals surface area contributed by atoms with E-state index in [1.165, 1.54) is 18.2 Å². The molecule has 11 heteroatoms. The molecule has 2 N–H and O–H groups in total. The summed E-state index contributed by atoms with van der Waals surface area (Å²) in [7, 11) is 0. The van der Waals surface area contributed by atoms with Gasteiger partial charge in [0.15, 0.2) is 5.82 Å². The highest BCUT2D eigenvalue weighted by Gasteiger charge is 2.31. The number of alkyl halides is 3. The minimum Gasteiger partial charge on any atom is -0.406 e. The Kier molecular flexibility index (Phi) is 11.9. The summed E-state index contributed by atoms with van der Waals surface area (Å²) < 4.78 is 47.6. The molecule has 0 aliphatic heterocycles. The Morgan fingerprint density at radius 1 is 1.02 bits per heavy atom. The summed E-state index contributed by atoms with van der Waals surface area (Å²) in [6.07, 6.45) is 1.25. The summed E-state index contributed by atoms with van der Waals surface area (Å²) in [5, 5.41) is 6.29. The maximum atomic E-state index is 13.0. The van der Waals surface area contributed by atoms with Gasteiger partial charge in [-0.2, -0.15) is 0 Å². The molecule has 1 amide bonds. The van der Waals surface area contributed by atoms with Crippen LogP contribution in [0.15, 0.2) is 48.8 Å². The van der Waals surface area contributed by atoms with Crippen LogP contribution in [0, 0.1) is 5.92 Å². The van der Waals surface area contributed by atoms with Crippen LogP contribution >= 0.6 is 0 Å². The second kappa shape index (κ2) is 15.3. The Hall–Kier alpha value is -3.73. The van der Waals surface area contributed by atoms with Crippen LogP contribution in [0.2, 0.25) is 0 Å². The Morgan fingerprint density at radius 3 is 2.51 bits per heavy atom. The zero-order valence-corrected chi connectivity index (χ0v) is 23.9. The van der Waals surface area contributed by atoms with Crippen LogP contribution < -0.4 is 15.4 Å². The normalized spacial score (nSPS) is 12.3. The van der Waals surface area contributed by atoms with Gasteiger partial charge in [-0.25, -0.2) is 9.97 Å². The lowest BCUT2D eigenvalue weighted by Gasteiger charge is -2.21. The molecule has 0 aliphatic rings. The van der Waals surface area contributed by atoms with Gasteiger partial charge in [-0.05, 0) is 55.9 Å². The number of anilines is 1. The van der Waals surface area contributed by atoms with Crippen molar-refractivity contribution in [2.24, 2.45) is 5.92 Å². The van der Waals surface area contributed by atoms with E-state index in [1.807, 2.05) is 19.9 Å². The van der Waals surface area contributed by atoms with E-state index in [4.69, 9.17) is 14.7 Å². The number of rotatable bonds is 15. The molecule has 1 atom stereocenters. The van der Waals surface area contributed by atoms with Gasteiger partial charge in [0, 0.05) is 55.0 Å². The number of ether oxygens (including phenoxy) is 2. The molecule has 0 bridgehead atoms. The number of nitrogens with one attached hydrogen (secondary N) is 2. The molecule has 0 aliphatic carbocycles. The molecule has 0 fully saturated rings. The van der Waals surface area contributed by atoms with Crippen LogP contribution in [0.5, 0.6) is 5.75 Å². The highest BCUT2D eigenvalue weighted by Crippen LogP contribution is 2.30. The first-order valence-electron chi connectivity index (χ1n) is 13.9. The molecule has 1 aromatic carbocycles. The molecular formula is C30H38F3N5O3. The van der Waals surface area contributed by atoms with Crippen molar-refractivity contribution in [2.75, 3.05) is 25.1 Å². The number of aromatic nitrogens is 3. The average molecular weight is 574 g/mol. The number of pyridine rings is 1. The summed E-state index contributed by atoms with van der Waals surface area (Å²) in [6.45, 7) is 9.82. The van der Waals surface area contributed by atoms with Gasteiger partial charge in [0.2, 0.25) is 5.91 Å². The van der Waals surface area contributed by atoms with E-state index in [9.17, 15) is 18.0 Å². The predicted molar refractivity (Wildman–Crippen MR) is 152 cm³/mol. The minimum atomic E-state index is -4.79. The van der Waals surface area contributed by atoms with Crippen molar-refractivity contribution in [3.8, 4) is 28.3 Å². The fourth-order valence-corrected chi connectivity index (χ4v) is 4.21. The number of halogens is 3. The third-order valence-corrected chi connectivity index (χ3v) is 6.00. The quantitative estimate of drug-likeness (QED) is 0.202. The number of carbonyl (C=O) groups excluding carboxylic acids is 1. The topological polar surface area (TPSA) is 98.3 Å². The number of benzene rings is 1. The summed E-state index contributed by atoms with van der Waals surface area (Å²) in [5.74, 6) is 0.740. The molecule has 1 unspecified atom stereocenters. The third-order valence-electron chi connectivity index (χ3n) is 6.00. The number of amides is 1. The molecule has 0 spiro atoms. The summed E-state index contributed by atoms with van der Waals surface area (Å²) in [6, 6.07) is 8.82. The van der Waals surface area contributed by atoms with E-state index in [1.54, 1.807) is 24.5 Å². The smallest absolute Gasteiger partial charge is 0.406 e. The van der Waals surface area contributed by atoms with Crippen molar-refractivity contribution in [1.29, 1.82) is 0 Å².